The zero-order chi connectivity index (χ0) is 29.9. The normalized spacial score (nSPS) is 11.7. The molecule has 3 N–H and O–H groups in total. The molecule has 4 rings (SSSR count). The van der Waals surface area contributed by atoms with Gasteiger partial charge in [0.2, 0.25) is 5.91 Å². The molecule has 0 bridgehead atoms. The molecule has 0 spiro atoms. The van der Waals surface area contributed by atoms with Gasteiger partial charge in [0.15, 0.2) is 0 Å². The van der Waals surface area contributed by atoms with Gasteiger partial charge in [-0.15, -0.1) is 11.8 Å². The first kappa shape index (κ1) is 30.4. The number of hydrogen-bond acceptors (Lipinski definition) is 7. The first-order valence-corrected chi connectivity index (χ1v) is 14.9. The molecule has 3 amide bonds. The minimum absolute atomic E-state index is 0.110. The molecule has 42 heavy (non-hydrogen) atoms. The van der Waals surface area contributed by atoms with Crippen LogP contribution in [-0.4, -0.2) is 37.2 Å². The SMILES string of the molecule is CCC(Sc1cccc(NC(=O)/C(=C/c2ccsc2)NC(=O)c2ccccc2)c1)C(=O)Nc1cc(OC)ccc1OC. The molecule has 1 atom stereocenters. The standard InChI is InChI=1S/C32H31N3O5S2/c1-4-29(32(38)34-26-19-24(39-2)13-14-28(26)40-3)42-25-12-8-11-23(18-25)33-31(37)27(17-21-15-16-41-20-21)35-30(36)22-9-6-5-7-10-22/h5-20,29H,4H2,1-3H3,(H,33,37)(H,34,38)(H,35,36)/b27-17-. The summed E-state index contributed by atoms with van der Waals surface area (Å²) in [7, 11) is 3.10. The number of hydrogen-bond donors (Lipinski definition) is 3. The van der Waals surface area contributed by atoms with Crippen LogP contribution in [0.3, 0.4) is 0 Å². The molecule has 8 nitrogen and oxygen atoms in total. The van der Waals surface area contributed by atoms with Gasteiger partial charge in [0, 0.05) is 22.2 Å². The summed E-state index contributed by atoms with van der Waals surface area (Å²) in [5.41, 5.74) is 2.39. The van der Waals surface area contributed by atoms with E-state index < -0.39 is 11.2 Å². The topological polar surface area (TPSA) is 106 Å². The van der Waals surface area contributed by atoms with E-state index in [0.29, 0.717) is 34.9 Å². The fraction of sp³-hybridized carbons (Fsp3) is 0.156. The quantitative estimate of drug-likeness (QED) is 0.124. The Morgan fingerprint density at radius 3 is 2.43 bits per heavy atom. The molecule has 1 heterocycles. The Labute approximate surface area is 253 Å². The molecule has 0 aliphatic carbocycles. The van der Waals surface area contributed by atoms with Crippen molar-refractivity contribution in [2.45, 2.75) is 23.5 Å². The van der Waals surface area contributed by atoms with E-state index in [4.69, 9.17) is 9.47 Å². The van der Waals surface area contributed by atoms with E-state index in [0.717, 1.165) is 10.5 Å². The van der Waals surface area contributed by atoms with Crippen LogP contribution in [-0.2, 0) is 9.59 Å². The van der Waals surface area contributed by atoms with Crippen LogP contribution in [0, 0.1) is 0 Å². The number of methoxy groups -OCH3 is 2. The van der Waals surface area contributed by atoms with E-state index in [9.17, 15) is 14.4 Å². The Balaban J connectivity index is 1.47. The maximum absolute atomic E-state index is 13.3. The summed E-state index contributed by atoms with van der Waals surface area (Å²) in [6, 6.07) is 23.0. The number of thioether (sulfide) groups is 1. The average Bonchev–Trinajstić information content (AvgIpc) is 3.53. The molecule has 3 aromatic carbocycles. The Morgan fingerprint density at radius 1 is 0.929 bits per heavy atom. The van der Waals surface area contributed by atoms with Crippen molar-refractivity contribution in [2.24, 2.45) is 0 Å². The lowest BCUT2D eigenvalue weighted by Crippen LogP contribution is -2.30. The average molecular weight is 602 g/mol. The van der Waals surface area contributed by atoms with Gasteiger partial charge in [0.05, 0.1) is 25.2 Å². The Morgan fingerprint density at radius 2 is 1.74 bits per heavy atom. The molecule has 10 heteroatoms. The van der Waals surface area contributed by atoms with E-state index in [1.807, 2.05) is 35.9 Å². The Hall–Kier alpha value is -4.54. The highest BCUT2D eigenvalue weighted by Crippen LogP contribution is 2.32. The van der Waals surface area contributed by atoms with E-state index in [1.165, 1.54) is 30.2 Å². The van der Waals surface area contributed by atoms with Crippen LogP contribution in [0.4, 0.5) is 11.4 Å². The Kier molecular flexibility index (Phi) is 10.8. The fourth-order valence-corrected chi connectivity index (χ4v) is 5.55. The van der Waals surface area contributed by atoms with E-state index >= 15 is 0 Å². The lowest BCUT2D eigenvalue weighted by molar-refractivity contribution is -0.116. The fourth-order valence-electron chi connectivity index (χ4n) is 3.92. The summed E-state index contributed by atoms with van der Waals surface area (Å²) in [5, 5.41) is 11.9. The third-order valence-electron chi connectivity index (χ3n) is 6.08. The molecule has 0 aliphatic heterocycles. The summed E-state index contributed by atoms with van der Waals surface area (Å²) < 4.78 is 10.7. The van der Waals surface area contributed by atoms with Crippen molar-refractivity contribution in [3.63, 3.8) is 0 Å². The van der Waals surface area contributed by atoms with Gasteiger partial charge in [0.1, 0.15) is 17.2 Å². The molecule has 0 saturated heterocycles. The molecule has 0 saturated carbocycles. The summed E-state index contributed by atoms with van der Waals surface area (Å²) in [6.45, 7) is 1.93. The van der Waals surface area contributed by atoms with E-state index in [1.54, 1.807) is 73.8 Å². The zero-order valence-electron chi connectivity index (χ0n) is 23.4. The van der Waals surface area contributed by atoms with Crippen molar-refractivity contribution < 1.29 is 23.9 Å². The van der Waals surface area contributed by atoms with Crippen molar-refractivity contribution in [1.82, 2.24) is 5.32 Å². The van der Waals surface area contributed by atoms with Crippen LogP contribution in [0.2, 0.25) is 0 Å². The molecule has 0 aliphatic rings. The van der Waals surface area contributed by atoms with Crippen LogP contribution in [0.25, 0.3) is 6.08 Å². The van der Waals surface area contributed by atoms with E-state index in [-0.39, 0.29) is 17.5 Å². The minimum Gasteiger partial charge on any atom is -0.497 e. The number of ether oxygens (including phenoxy) is 2. The monoisotopic (exact) mass is 601 g/mol. The molecular formula is C32H31N3O5S2. The number of thiophene rings is 1. The lowest BCUT2D eigenvalue weighted by Gasteiger charge is -2.17. The molecule has 0 radical (unpaired) electrons. The van der Waals surface area contributed by atoms with Crippen LogP contribution >= 0.6 is 23.1 Å². The molecule has 1 unspecified atom stereocenters. The summed E-state index contributed by atoms with van der Waals surface area (Å²) in [4.78, 5) is 40.2. The van der Waals surface area contributed by atoms with Gasteiger partial charge in [-0.1, -0.05) is 31.2 Å². The van der Waals surface area contributed by atoms with Crippen molar-refractivity contribution in [3.8, 4) is 11.5 Å². The van der Waals surface area contributed by atoms with Gasteiger partial charge < -0.3 is 25.4 Å². The van der Waals surface area contributed by atoms with Crippen molar-refractivity contribution in [3.05, 3.63) is 106 Å². The number of amides is 3. The van der Waals surface area contributed by atoms with Crippen LogP contribution in [0.5, 0.6) is 11.5 Å². The van der Waals surface area contributed by atoms with Gasteiger partial charge in [-0.2, -0.15) is 11.3 Å². The lowest BCUT2D eigenvalue weighted by atomic mass is 10.2. The van der Waals surface area contributed by atoms with Crippen LogP contribution in [0.15, 0.2) is 100 Å². The van der Waals surface area contributed by atoms with Gasteiger partial charge >= 0.3 is 0 Å². The first-order chi connectivity index (χ1) is 20.4. The third-order valence-corrected chi connectivity index (χ3v) is 8.14. The smallest absolute Gasteiger partial charge is 0.272 e. The number of carbonyl (C=O) groups excluding carboxylic acids is 3. The van der Waals surface area contributed by atoms with Crippen LogP contribution < -0.4 is 25.4 Å². The summed E-state index contributed by atoms with van der Waals surface area (Å²) in [5.74, 6) is 0.0821. The van der Waals surface area contributed by atoms with Gasteiger partial charge in [0.25, 0.3) is 11.8 Å². The maximum Gasteiger partial charge on any atom is 0.272 e. The van der Waals surface area contributed by atoms with E-state index in [2.05, 4.69) is 16.0 Å². The Bertz CT molecular complexity index is 1560. The molecule has 0 fully saturated rings. The number of anilines is 2. The van der Waals surface area contributed by atoms with Crippen LogP contribution in [0.1, 0.15) is 29.3 Å². The second-order valence-electron chi connectivity index (χ2n) is 8.99. The van der Waals surface area contributed by atoms with Gasteiger partial charge in [-0.3, -0.25) is 14.4 Å². The maximum atomic E-state index is 13.3. The number of nitrogens with one attached hydrogen (secondary N) is 3. The molecular weight excluding hydrogens is 571 g/mol. The second-order valence-corrected chi connectivity index (χ2v) is 11.0. The summed E-state index contributed by atoms with van der Waals surface area (Å²) in [6.07, 6.45) is 2.20. The largest absolute Gasteiger partial charge is 0.497 e. The molecule has 1 aromatic heterocycles. The van der Waals surface area contributed by atoms with Crippen molar-refractivity contribution >= 4 is 58.3 Å². The highest BCUT2D eigenvalue weighted by atomic mass is 32.2. The highest BCUT2D eigenvalue weighted by Gasteiger charge is 2.21. The minimum atomic E-state index is -0.470. The van der Waals surface area contributed by atoms with Gasteiger partial charge in [-0.05, 0) is 77.4 Å². The summed E-state index contributed by atoms with van der Waals surface area (Å²) >= 11 is 2.87. The van der Waals surface area contributed by atoms with Crippen molar-refractivity contribution in [2.75, 3.05) is 24.9 Å². The number of benzene rings is 3. The predicted octanol–water partition coefficient (Wildman–Crippen LogP) is 6.68. The van der Waals surface area contributed by atoms with Crippen molar-refractivity contribution in [1.29, 1.82) is 0 Å². The second kappa shape index (κ2) is 14.9. The zero-order valence-corrected chi connectivity index (χ0v) is 25.0. The highest BCUT2D eigenvalue weighted by molar-refractivity contribution is 8.00. The molecule has 4 aromatic rings. The first-order valence-electron chi connectivity index (χ1n) is 13.1. The number of carbonyl (C=O) groups is 3. The number of rotatable bonds is 12. The predicted molar refractivity (Wildman–Crippen MR) is 169 cm³/mol. The molecule has 216 valence electrons. The van der Waals surface area contributed by atoms with Gasteiger partial charge in [-0.25, -0.2) is 0 Å². The third kappa shape index (κ3) is 8.25.